The second-order valence-electron chi connectivity index (χ2n) is 7.11. The molecule has 0 aliphatic carbocycles. The summed E-state index contributed by atoms with van der Waals surface area (Å²) in [7, 11) is 0. The number of pyridine rings is 1. The van der Waals surface area contributed by atoms with Crippen LogP contribution < -0.4 is 4.90 Å². The molecule has 142 valence electrons. The molecule has 2 fully saturated rings. The Bertz CT molecular complexity index is 792. The van der Waals surface area contributed by atoms with Gasteiger partial charge in [-0.25, -0.2) is 9.97 Å². The molecule has 0 unspecified atom stereocenters. The van der Waals surface area contributed by atoms with Gasteiger partial charge >= 0.3 is 0 Å². The van der Waals surface area contributed by atoms with E-state index < -0.39 is 0 Å². The van der Waals surface area contributed by atoms with Crippen LogP contribution in [-0.4, -0.2) is 65.2 Å². The van der Waals surface area contributed by atoms with Gasteiger partial charge in [0.15, 0.2) is 0 Å². The average Bonchev–Trinajstić information content (AvgIpc) is 2.74. The van der Waals surface area contributed by atoms with Crippen molar-refractivity contribution in [3.05, 3.63) is 36.4 Å². The van der Waals surface area contributed by atoms with Crippen molar-refractivity contribution in [3.8, 4) is 11.1 Å². The number of carbonyl (C=O) groups is 1. The Balaban J connectivity index is 1.72. The van der Waals surface area contributed by atoms with Crippen molar-refractivity contribution >= 4 is 11.9 Å². The van der Waals surface area contributed by atoms with Crippen LogP contribution >= 0.6 is 0 Å². The van der Waals surface area contributed by atoms with Crippen molar-refractivity contribution in [3.63, 3.8) is 0 Å². The Hall–Kier alpha value is -2.54. The zero-order valence-corrected chi connectivity index (χ0v) is 15.7. The summed E-state index contributed by atoms with van der Waals surface area (Å²) in [6, 6.07) is 3.97. The van der Waals surface area contributed by atoms with Crippen LogP contribution in [-0.2, 0) is 9.53 Å². The molecular formula is C20H25N5O2. The first-order chi connectivity index (χ1) is 13.2. The molecule has 0 spiro atoms. The molecule has 2 saturated heterocycles. The Morgan fingerprint density at radius 1 is 1.22 bits per heavy atom. The van der Waals surface area contributed by atoms with Crippen LogP contribution in [0.15, 0.2) is 30.7 Å². The van der Waals surface area contributed by atoms with E-state index in [4.69, 9.17) is 9.72 Å². The number of likely N-dealkylation sites (tertiary alicyclic amines) is 1. The number of piperidine rings is 1. The first-order valence-corrected chi connectivity index (χ1v) is 9.58. The molecule has 2 aliphatic rings. The second kappa shape index (κ2) is 8.00. The van der Waals surface area contributed by atoms with Crippen LogP contribution in [0.4, 0.5) is 5.95 Å². The van der Waals surface area contributed by atoms with Gasteiger partial charge in [0, 0.05) is 68.7 Å². The minimum Gasteiger partial charge on any atom is -0.378 e. The molecule has 0 saturated carbocycles. The molecule has 2 aromatic rings. The highest BCUT2D eigenvalue weighted by atomic mass is 16.5. The maximum Gasteiger partial charge on any atom is 0.225 e. The molecule has 4 rings (SSSR count). The van der Waals surface area contributed by atoms with E-state index in [2.05, 4.69) is 14.9 Å². The smallest absolute Gasteiger partial charge is 0.225 e. The molecule has 4 heterocycles. The summed E-state index contributed by atoms with van der Waals surface area (Å²) >= 11 is 0. The van der Waals surface area contributed by atoms with E-state index in [1.54, 1.807) is 13.1 Å². The van der Waals surface area contributed by atoms with Gasteiger partial charge in [0.05, 0.1) is 18.9 Å². The number of carbonyl (C=O) groups excluding carboxylic acids is 1. The zero-order valence-electron chi connectivity index (χ0n) is 15.7. The maximum atomic E-state index is 11.9. The van der Waals surface area contributed by atoms with Crippen LogP contribution in [0.5, 0.6) is 0 Å². The van der Waals surface area contributed by atoms with Gasteiger partial charge in [-0.05, 0) is 18.9 Å². The van der Waals surface area contributed by atoms with E-state index in [0.717, 1.165) is 55.2 Å². The Morgan fingerprint density at radius 3 is 2.81 bits per heavy atom. The minimum atomic E-state index is 0.130. The number of anilines is 1. The van der Waals surface area contributed by atoms with Gasteiger partial charge in [-0.3, -0.25) is 9.78 Å². The fourth-order valence-electron chi connectivity index (χ4n) is 3.84. The average molecular weight is 367 g/mol. The highest BCUT2D eigenvalue weighted by Gasteiger charge is 2.27. The van der Waals surface area contributed by atoms with E-state index in [0.29, 0.717) is 19.8 Å². The minimum absolute atomic E-state index is 0.130. The standard InChI is InChI=1S/C20H25N5O2/c1-15(26)25-7-3-5-17(14-25)19-18(16-4-2-6-21-12-16)13-22-20(23-19)24-8-10-27-11-9-24/h2,4,6,12-13,17H,3,5,7-11,14H2,1H3/t17-/m1/s1. The van der Waals surface area contributed by atoms with Crippen molar-refractivity contribution in [1.29, 1.82) is 0 Å². The predicted octanol–water partition coefficient (Wildman–Crippen LogP) is 2.10. The van der Waals surface area contributed by atoms with Crippen LogP contribution in [0.2, 0.25) is 0 Å². The molecule has 2 aliphatic heterocycles. The van der Waals surface area contributed by atoms with Gasteiger partial charge in [0.2, 0.25) is 11.9 Å². The summed E-state index contributed by atoms with van der Waals surface area (Å²) in [4.78, 5) is 29.9. The van der Waals surface area contributed by atoms with Gasteiger partial charge in [0.1, 0.15) is 0 Å². The Morgan fingerprint density at radius 2 is 2.07 bits per heavy atom. The summed E-state index contributed by atoms with van der Waals surface area (Å²) < 4.78 is 5.45. The molecular weight excluding hydrogens is 342 g/mol. The zero-order chi connectivity index (χ0) is 18.6. The van der Waals surface area contributed by atoms with Crippen LogP contribution in [0.25, 0.3) is 11.1 Å². The van der Waals surface area contributed by atoms with Crippen LogP contribution in [0.3, 0.4) is 0 Å². The second-order valence-corrected chi connectivity index (χ2v) is 7.11. The monoisotopic (exact) mass is 367 g/mol. The lowest BCUT2D eigenvalue weighted by Crippen LogP contribution is -2.39. The van der Waals surface area contributed by atoms with Gasteiger partial charge < -0.3 is 14.5 Å². The lowest BCUT2D eigenvalue weighted by molar-refractivity contribution is -0.130. The number of ether oxygens (including phenoxy) is 1. The molecule has 1 amide bonds. The molecule has 7 heteroatoms. The number of morpholine rings is 1. The summed E-state index contributed by atoms with van der Waals surface area (Å²) in [6.45, 7) is 6.18. The number of nitrogens with zero attached hydrogens (tertiary/aromatic N) is 5. The lowest BCUT2D eigenvalue weighted by Gasteiger charge is -2.33. The molecule has 1 atom stereocenters. The summed E-state index contributed by atoms with van der Waals surface area (Å²) in [6.07, 6.45) is 7.55. The highest BCUT2D eigenvalue weighted by Crippen LogP contribution is 2.33. The highest BCUT2D eigenvalue weighted by molar-refractivity contribution is 5.73. The predicted molar refractivity (Wildman–Crippen MR) is 103 cm³/mol. The third kappa shape index (κ3) is 3.93. The van der Waals surface area contributed by atoms with E-state index >= 15 is 0 Å². The third-order valence-electron chi connectivity index (χ3n) is 5.33. The van der Waals surface area contributed by atoms with Crippen molar-refractivity contribution in [1.82, 2.24) is 19.9 Å². The SMILES string of the molecule is CC(=O)N1CCC[C@@H](c2nc(N3CCOCC3)ncc2-c2cccnc2)C1. The molecule has 27 heavy (non-hydrogen) atoms. The molecule has 0 N–H and O–H groups in total. The number of aromatic nitrogens is 3. The normalized spacial score (nSPS) is 20.6. The van der Waals surface area contributed by atoms with Gasteiger partial charge in [-0.1, -0.05) is 6.07 Å². The first-order valence-electron chi connectivity index (χ1n) is 9.58. The van der Waals surface area contributed by atoms with Crippen molar-refractivity contribution < 1.29 is 9.53 Å². The quantitative estimate of drug-likeness (QED) is 0.827. The number of hydrogen-bond acceptors (Lipinski definition) is 6. The molecule has 0 aromatic carbocycles. The molecule has 7 nitrogen and oxygen atoms in total. The fourth-order valence-corrected chi connectivity index (χ4v) is 3.84. The van der Waals surface area contributed by atoms with Crippen molar-refractivity contribution in [2.24, 2.45) is 0 Å². The Kier molecular flexibility index (Phi) is 5.29. The van der Waals surface area contributed by atoms with Gasteiger partial charge in [-0.2, -0.15) is 0 Å². The summed E-state index contributed by atoms with van der Waals surface area (Å²) in [5, 5.41) is 0. The number of amides is 1. The number of hydrogen-bond donors (Lipinski definition) is 0. The van der Waals surface area contributed by atoms with Gasteiger partial charge in [-0.15, -0.1) is 0 Å². The number of rotatable bonds is 3. The molecule has 0 bridgehead atoms. The first kappa shape index (κ1) is 17.9. The van der Waals surface area contributed by atoms with E-state index in [9.17, 15) is 4.79 Å². The molecule has 0 radical (unpaired) electrons. The lowest BCUT2D eigenvalue weighted by atomic mass is 9.90. The summed E-state index contributed by atoms with van der Waals surface area (Å²) in [5.74, 6) is 1.09. The van der Waals surface area contributed by atoms with Gasteiger partial charge in [0.25, 0.3) is 0 Å². The fraction of sp³-hybridized carbons (Fsp3) is 0.500. The topological polar surface area (TPSA) is 71.5 Å². The summed E-state index contributed by atoms with van der Waals surface area (Å²) in [5.41, 5.74) is 3.04. The van der Waals surface area contributed by atoms with E-state index in [1.165, 1.54) is 0 Å². The Labute approximate surface area is 159 Å². The largest absolute Gasteiger partial charge is 0.378 e. The van der Waals surface area contributed by atoms with Crippen molar-refractivity contribution in [2.75, 3.05) is 44.3 Å². The third-order valence-corrected chi connectivity index (χ3v) is 5.33. The molecule has 2 aromatic heterocycles. The van der Waals surface area contributed by atoms with Crippen molar-refractivity contribution in [2.45, 2.75) is 25.7 Å². The maximum absolute atomic E-state index is 11.9. The van der Waals surface area contributed by atoms with E-state index in [-0.39, 0.29) is 11.8 Å². The van der Waals surface area contributed by atoms with Crippen LogP contribution in [0.1, 0.15) is 31.4 Å². The van der Waals surface area contributed by atoms with Crippen LogP contribution in [0, 0.1) is 0 Å². The van der Waals surface area contributed by atoms with E-state index in [1.807, 2.05) is 29.4 Å².